The molecule has 1 fully saturated rings. The van der Waals surface area contributed by atoms with Crippen molar-refractivity contribution in [2.75, 3.05) is 39.2 Å². The third kappa shape index (κ3) is 5.78. The van der Waals surface area contributed by atoms with Gasteiger partial charge in [-0.1, -0.05) is 23.2 Å². The Balaban J connectivity index is 1.55. The number of rotatable bonds is 6. The van der Waals surface area contributed by atoms with Crippen LogP contribution in [0.2, 0.25) is 10.0 Å². The van der Waals surface area contributed by atoms with Crippen molar-refractivity contribution in [2.45, 2.75) is 25.7 Å². The molecule has 0 radical (unpaired) electrons. The maximum atomic E-state index is 14.0. The minimum Gasteiger partial charge on any atom is -0.493 e. The van der Waals surface area contributed by atoms with E-state index in [1.54, 1.807) is 13.2 Å². The van der Waals surface area contributed by atoms with Crippen molar-refractivity contribution in [1.82, 2.24) is 14.9 Å². The number of hydrogen-bond acceptors (Lipinski definition) is 6. The van der Waals surface area contributed by atoms with E-state index in [-0.39, 0.29) is 10.0 Å². The third-order valence-electron chi connectivity index (χ3n) is 5.95. The summed E-state index contributed by atoms with van der Waals surface area (Å²) in [5.74, 6) is 1.64. The Morgan fingerprint density at radius 1 is 1.09 bits per heavy atom. The van der Waals surface area contributed by atoms with E-state index >= 15 is 0 Å². The average molecular weight is 493 g/mol. The molecular weight excluding hydrogens is 466 g/mol. The second kappa shape index (κ2) is 10.7. The Hall–Kier alpha value is -2.35. The van der Waals surface area contributed by atoms with Crippen LogP contribution in [0.5, 0.6) is 11.5 Å². The molecule has 0 saturated carbocycles. The Morgan fingerprint density at radius 2 is 1.85 bits per heavy atom. The van der Waals surface area contributed by atoms with Crippen molar-refractivity contribution >= 4 is 45.6 Å². The van der Waals surface area contributed by atoms with Crippen LogP contribution in [0.25, 0.3) is 10.9 Å². The number of hydrogen-bond donors (Lipinski definition) is 1. The molecule has 1 aliphatic heterocycles. The van der Waals surface area contributed by atoms with E-state index in [9.17, 15) is 4.39 Å². The quantitative estimate of drug-likeness (QED) is 0.405. The van der Waals surface area contributed by atoms with Crippen molar-refractivity contribution in [2.24, 2.45) is 5.92 Å². The largest absolute Gasteiger partial charge is 0.493 e. The predicted molar refractivity (Wildman–Crippen MR) is 131 cm³/mol. The van der Waals surface area contributed by atoms with E-state index in [1.165, 1.54) is 25.2 Å². The second-order valence-corrected chi connectivity index (χ2v) is 9.17. The number of nitrogens with zero attached hydrogens (tertiary/aromatic N) is 3. The summed E-state index contributed by atoms with van der Waals surface area (Å²) < 4.78 is 25.8. The smallest absolute Gasteiger partial charge is 0.163 e. The molecule has 0 aliphatic carbocycles. The predicted octanol–water partition coefficient (Wildman–Crippen LogP) is 6.33. The van der Waals surface area contributed by atoms with E-state index in [2.05, 4.69) is 27.2 Å². The zero-order chi connectivity index (χ0) is 23.4. The van der Waals surface area contributed by atoms with Gasteiger partial charge in [0.15, 0.2) is 11.5 Å². The monoisotopic (exact) mass is 492 g/mol. The molecular formula is C24H27Cl2FN4O2. The summed E-state index contributed by atoms with van der Waals surface area (Å²) in [5, 5.41) is 3.80. The van der Waals surface area contributed by atoms with Crippen LogP contribution in [0.3, 0.4) is 0 Å². The molecule has 2 heterocycles. The highest BCUT2D eigenvalue weighted by Gasteiger charge is 2.17. The van der Waals surface area contributed by atoms with Crippen LogP contribution >= 0.6 is 23.2 Å². The summed E-state index contributed by atoms with van der Waals surface area (Å²) >= 11 is 11.8. The van der Waals surface area contributed by atoms with E-state index < -0.39 is 5.82 Å². The molecule has 2 aromatic carbocycles. The molecule has 0 amide bonds. The number of methoxy groups -OCH3 is 1. The van der Waals surface area contributed by atoms with Gasteiger partial charge in [-0.15, -0.1) is 0 Å². The van der Waals surface area contributed by atoms with Crippen LogP contribution in [0.15, 0.2) is 30.6 Å². The van der Waals surface area contributed by atoms with Crippen molar-refractivity contribution in [1.29, 1.82) is 0 Å². The fourth-order valence-electron chi connectivity index (χ4n) is 4.13. The normalized spacial score (nSPS) is 15.8. The summed E-state index contributed by atoms with van der Waals surface area (Å²) in [4.78, 5) is 11.1. The molecule has 0 unspecified atom stereocenters. The molecule has 1 N–H and O–H groups in total. The molecule has 0 atom stereocenters. The fraction of sp³-hybridized carbons (Fsp3) is 0.417. The number of nitrogens with one attached hydrogen (secondary N) is 1. The summed E-state index contributed by atoms with van der Waals surface area (Å²) in [6.07, 6.45) is 6.10. The van der Waals surface area contributed by atoms with E-state index in [4.69, 9.17) is 32.7 Å². The van der Waals surface area contributed by atoms with Gasteiger partial charge >= 0.3 is 0 Å². The second-order valence-electron chi connectivity index (χ2n) is 8.39. The molecule has 6 nitrogen and oxygen atoms in total. The third-order valence-corrected chi connectivity index (χ3v) is 6.73. The van der Waals surface area contributed by atoms with Gasteiger partial charge in [0.05, 0.1) is 29.3 Å². The molecule has 176 valence electrons. The average Bonchev–Trinajstić information content (AvgIpc) is 2.78. The lowest BCUT2D eigenvalue weighted by atomic mass is 9.96. The van der Waals surface area contributed by atoms with Crippen LogP contribution in [-0.2, 0) is 0 Å². The van der Waals surface area contributed by atoms with Gasteiger partial charge in [-0.05, 0) is 69.9 Å². The molecule has 3 aromatic rings. The lowest BCUT2D eigenvalue weighted by Crippen LogP contribution is -2.26. The fourth-order valence-corrected chi connectivity index (χ4v) is 4.45. The molecule has 1 aliphatic rings. The van der Waals surface area contributed by atoms with Crippen LogP contribution in [0, 0.1) is 11.7 Å². The number of ether oxygens (including phenoxy) is 2. The van der Waals surface area contributed by atoms with Crippen LogP contribution in [-0.4, -0.2) is 48.7 Å². The summed E-state index contributed by atoms with van der Waals surface area (Å²) in [6, 6.07) is 6.49. The van der Waals surface area contributed by atoms with Crippen LogP contribution in [0.1, 0.15) is 25.7 Å². The van der Waals surface area contributed by atoms with Crippen LogP contribution in [0.4, 0.5) is 15.9 Å². The number of anilines is 2. The minimum atomic E-state index is -0.612. The molecule has 9 heteroatoms. The zero-order valence-electron chi connectivity index (χ0n) is 18.7. The number of likely N-dealkylation sites (tertiary alicyclic amines) is 1. The lowest BCUT2D eigenvalue weighted by molar-refractivity contribution is 0.191. The summed E-state index contributed by atoms with van der Waals surface area (Å²) in [6.45, 7) is 2.90. The van der Waals surface area contributed by atoms with Crippen molar-refractivity contribution in [3.05, 3.63) is 46.5 Å². The highest BCUT2D eigenvalue weighted by atomic mass is 35.5. The highest BCUT2D eigenvalue weighted by molar-refractivity contribution is 6.42. The van der Waals surface area contributed by atoms with Gasteiger partial charge in [-0.2, -0.15) is 0 Å². The highest BCUT2D eigenvalue weighted by Crippen LogP contribution is 2.36. The van der Waals surface area contributed by atoms with Gasteiger partial charge < -0.3 is 19.7 Å². The molecule has 33 heavy (non-hydrogen) atoms. The van der Waals surface area contributed by atoms with Gasteiger partial charge in [0.1, 0.15) is 18.0 Å². The Kier molecular flexibility index (Phi) is 7.73. The lowest BCUT2D eigenvalue weighted by Gasteiger charge is -2.25. The van der Waals surface area contributed by atoms with E-state index in [0.717, 1.165) is 25.9 Å². The Labute approximate surface area is 203 Å². The maximum absolute atomic E-state index is 14.0. The molecule has 1 aromatic heterocycles. The van der Waals surface area contributed by atoms with Gasteiger partial charge in [0, 0.05) is 17.1 Å². The first-order valence-corrected chi connectivity index (χ1v) is 11.8. The van der Waals surface area contributed by atoms with Gasteiger partial charge in [-0.25, -0.2) is 14.4 Å². The molecule has 0 bridgehead atoms. The number of benzene rings is 2. The van der Waals surface area contributed by atoms with Crippen molar-refractivity contribution in [3.8, 4) is 11.5 Å². The van der Waals surface area contributed by atoms with Gasteiger partial charge in [0.2, 0.25) is 0 Å². The molecule has 4 rings (SSSR count). The Morgan fingerprint density at radius 3 is 2.55 bits per heavy atom. The SMILES string of the molecule is COc1cc2c(Nc3cc(F)c(Cl)c(Cl)c3)ncnc2cc1OCC1CCCN(C)CCC1. The maximum Gasteiger partial charge on any atom is 0.163 e. The van der Waals surface area contributed by atoms with Crippen molar-refractivity contribution in [3.63, 3.8) is 0 Å². The van der Waals surface area contributed by atoms with Gasteiger partial charge in [-0.3, -0.25) is 0 Å². The summed E-state index contributed by atoms with van der Waals surface area (Å²) in [5.41, 5.74) is 1.11. The summed E-state index contributed by atoms with van der Waals surface area (Å²) in [7, 11) is 3.78. The van der Waals surface area contributed by atoms with E-state index in [0.29, 0.717) is 46.4 Å². The molecule has 1 saturated heterocycles. The van der Waals surface area contributed by atoms with Crippen molar-refractivity contribution < 1.29 is 13.9 Å². The number of halogens is 3. The number of aromatic nitrogens is 2. The number of fused-ring (bicyclic) bond motifs is 1. The first-order valence-electron chi connectivity index (χ1n) is 11.0. The first kappa shape index (κ1) is 23.8. The standard InChI is InChI=1S/C24H27Cl2FN4O2/c1-31-7-3-5-15(6-4-8-31)13-33-22-12-20-17(11-21(22)32-2)24(29-14-28-20)30-16-9-18(25)23(26)19(27)10-16/h9-12,14-15H,3-8,13H2,1-2H3,(H,28,29,30). The first-order chi connectivity index (χ1) is 15.9. The van der Waals surface area contributed by atoms with Crippen LogP contribution < -0.4 is 14.8 Å². The minimum absolute atomic E-state index is 0.116. The Bertz CT molecular complexity index is 1100. The zero-order valence-corrected chi connectivity index (χ0v) is 20.2. The van der Waals surface area contributed by atoms with E-state index in [1.807, 2.05) is 12.1 Å². The molecule has 0 spiro atoms. The van der Waals surface area contributed by atoms with Gasteiger partial charge in [0.25, 0.3) is 0 Å². The topological polar surface area (TPSA) is 59.5 Å².